The number of hydrogen-bond donors (Lipinski definition) is 1. The highest BCUT2D eigenvalue weighted by Gasteiger charge is 2.43. The Morgan fingerprint density at radius 1 is 1.18 bits per heavy atom. The van der Waals surface area contributed by atoms with Crippen LogP contribution >= 0.6 is 0 Å². The third-order valence-corrected chi connectivity index (χ3v) is 4.29. The number of nitrogens with zero attached hydrogens (tertiary/aromatic N) is 1. The van der Waals surface area contributed by atoms with E-state index < -0.39 is 11.9 Å². The molecule has 1 saturated heterocycles. The van der Waals surface area contributed by atoms with Crippen LogP contribution < -0.4 is 0 Å². The van der Waals surface area contributed by atoms with Crippen LogP contribution in [0, 0.1) is 17.8 Å². The molecule has 1 N–H and O–H groups in total. The van der Waals surface area contributed by atoms with Crippen LogP contribution in [0.4, 0.5) is 0 Å². The zero-order valence-corrected chi connectivity index (χ0v) is 10.4. The molecule has 0 aromatic heterocycles. The Kier molecular flexibility index (Phi) is 3.69. The quantitative estimate of drug-likeness (QED) is 0.816. The monoisotopic (exact) mass is 239 g/mol. The minimum atomic E-state index is -0.793. The van der Waals surface area contributed by atoms with Crippen LogP contribution in [0.15, 0.2) is 0 Å². The number of likely N-dealkylation sites (tertiary alicyclic amines) is 1. The number of hydrogen-bond acceptors (Lipinski definition) is 2. The van der Waals surface area contributed by atoms with Crippen molar-refractivity contribution in [3.8, 4) is 0 Å². The van der Waals surface area contributed by atoms with Gasteiger partial charge in [0.2, 0.25) is 5.91 Å². The highest BCUT2D eigenvalue weighted by molar-refractivity contribution is 5.85. The molecule has 0 radical (unpaired) electrons. The lowest BCUT2D eigenvalue weighted by molar-refractivity contribution is -0.148. The Labute approximate surface area is 102 Å². The van der Waals surface area contributed by atoms with E-state index in [9.17, 15) is 14.7 Å². The summed E-state index contributed by atoms with van der Waals surface area (Å²) in [5, 5.41) is 9.22. The summed E-state index contributed by atoms with van der Waals surface area (Å²) < 4.78 is 0. The molecule has 96 valence electrons. The summed E-state index contributed by atoms with van der Waals surface area (Å²) in [6.45, 7) is 3.71. The summed E-state index contributed by atoms with van der Waals surface area (Å²) in [7, 11) is 0. The first-order chi connectivity index (χ1) is 8.13. The van der Waals surface area contributed by atoms with E-state index in [4.69, 9.17) is 0 Å². The standard InChI is InChI=1S/C13H21NO3/c1-2-9-7-10(11(8-9)13(16)17)12(15)14-5-3-4-6-14/h9-11H,2-8H2,1H3,(H,16,17). The van der Waals surface area contributed by atoms with Gasteiger partial charge < -0.3 is 10.0 Å². The molecule has 0 bridgehead atoms. The summed E-state index contributed by atoms with van der Waals surface area (Å²) in [4.78, 5) is 25.4. The highest BCUT2D eigenvalue weighted by Crippen LogP contribution is 2.39. The first-order valence-electron chi connectivity index (χ1n) is 6.65. The van der Waals surface area contributed by atoms with Crippen molar-refractivity contribution >= 4 is 11.9 Å². The van der Waals surface area contributed by atoms with Crippen molar-refractivity contribution in [3.63, 3.8) is 0 Å². The predicted molar refractivity (Wildman–Crippen MR) is 63.4 cm³/mol. The maximum atomic E-state index is 12.3. The van der Waals surface area contributed by atoms with Crippen molar-refractivity contribution < 1.29 is 14.7 Å². The number of rotatable bonds is 3. The number of carbonyl (C=O) groups excluding carboxylic acids is 1. The van der Waals surface area contributed by atoms with Crippen LogP contribution in [0.5, 0.6) is 0 Å². The molecule has 1 aliphatic carbocycles. The molecule has 1 aliphatic heterocycles. The Hall–Kier alpha value is -1.06. The fourth-order valence-electron chi connectivity index (χ4n) is 3.19. The SMILES string of the molecule is CCC1CC(C(=O)O)C(C(=O)N2CCCC2)C1. The van der Waals surface area contributed by atoms with Crippen molar-refractivity contribution in [2.75, 3.05) is 13.1 Å². The van der Waals surface area contributed by atoms with Crippen LogP contribution in [-0.4, -0.2) is 35.0 Å². The van der Waals surface area contributed by atoms with E-state index in [2.05, 4.69) is 6.92 Å². The third-order valence-electron chi connectivity index (χ3n) is 4.29. The number of aliphatic carboxylic acids is 1. The second-order valence-electron chi connectivity index (χ2n) is 5.33. The van der Waals surface area contributed by atoms with Crippen LogP contribution in [0.3, 0.4) is 0 Å². The summed E-state index contributed by atoms with van der Waals surface area (Å²) in [5.74, 6) is -1.01. The van der Waals surface area contributed by atoms with Gasteiger partial charge in [-0.15, -0.1) is 0 Å². The average molecular weight is 239 g/mol. The minimum absolute atomic E-state index is 0.0888. The van der Waals surface area contributed by atoms with E-state index in [0.29, 0.717) is 12.3 Å². The maximum Gasteiger partial charge on any atom is 0.307 e. The van der Waals surface area contributed by atoms with Gasteiger partial charge in [0.15, 0.2) is 0 Å². The summed E-state index contributed by atoms with van der Waals surface area (Å²) in [6.07, 6.45) is 4.55. The van der Waals surface area contributed by atoms with Gasteiger partial charge in [-0.3, -0.25) is 9.59 Å². The number of carbonyl (C=O) groups is 2. The van der Waals surface area contributed by atoms with Crippen molar-refractivity contribution in [2.45, 2.75) is 39.0 Å². The van der Waals surface area contributed by atoms with E-state index in [-0.39, 0.29) is 11.8 Å². The molecule has 1 saturated carbocycles. The fraction of sp³-hybridized carbons (Fsp3) is 0.846. The molecule has 0 aromatic carbocycles. The second-order valence-corrected chi connectivity index (χ2v) is 5.33. The number of carboxylic acid groups (broad SMARTS) is 1. The van der Waals surface area contributed by atoms with Gasteiger partial charge in [0.25, 0.3) is 0 Å². The maximum absolute atomic E-state index is 12.3. The van der Waals surface area contributed by atoms with Crippen molar-refractivity contribution in [3.05, 3.63) is 0 Å². The molecule has 4 heteroatoms. The van der Waals surface area contributed by atoms with Crippen LogP contribution in [0.2, 0.25) is 0 Å². The molecular formula is C13H21NO3. The first kappa shape index (κ1) is 12.4. The van der Waals surface area contributed by atoms with Gasteiger partial charge in [-0.05, 0) is 31.6 Å². The normalized spacial score (nSPS) is 33.0. The van der Waals surface area contributed by atoms with E-state index in [1.807, 2.05) is 4.90 Å². The highest BCUT2D eigenvalue weighted by atomic mass is 16.4. The molecule has 2 fully saturated rings. The molecule has 2 rings (SSSR count). The van der Waals surface area contributed by atoms with Gasteiger partial charge >= 0.3 is 5.97 Å². The predicted octanol–water partition coefficient (Wildman–Crippen LogP) is 1.75. The van der Waals surface area contributed by atoms with Crippen LogP contribution in [-0.2, 0) is 9.59 Å². The minimum Gasteiger partial charge on any atom is -0.481 e. The zero-order chi connectivity index (χ0) is 12.4. The molecule has 1 amide bonds. The van der Waals surface area contributed by atoms with E-state index in [1.165, 1.54) is 0 Å². The lowest BCUT2D eigenvalue weighted by atomic mass is 9.95. The molecule has 3 atom stereocenters. The van der Waals surface area contributed by atoms with Crippen molar-refractivity contribution in [1.82, 2.24) is 4.90 Å². The molecule has 2 aliphatic rings. The molecule has 3 unspecified atom stereocenters. The topological polar surface area (TPSA) is 57.6 Å². The Morgan fingerprint density at radius 2 is 1.76 bits per heavy atom. The summed E-state index contributed by atoms with van der Waals surface area (Å²) in [6, 6.07) is 0. The Bertz CT molecular complexity index is 310. The van der Waals surface area contributed by atoms with E-state index in [1.54, 1.807) is 0 Å². The molecule has 4 nitrogen and oxygen atoms in total. The van der Waals surface area contributed by atoms with Gasteiger partial charge in [0.05, 0.1) is 11.8 Å². The van der Waals surface area contributed by atoms with Gasteiger partial charge in [-0.2, -0.15) is 0 Å². The van der Waals surface area contributed by atoms with Crippen molar-refractivity contribution in [1.29, 1.82) is 0 Å². The largest absolute Gasteiger partial charge is 0.481 e. The number of carboxylic acids is 1. The van der Waals surface area contributed by atoms with Gasteiger partial charge in [-0.1, -0.05) is 13.3 Å². The van der Waals surface area contributed by atoms with Gasteiger partial charge in [0, 0.05) is 13.1 Å². The molecule has 1 heterocycles. The number of amides is 1. The van der Waals surface area contributed by atoms with Gasteiger partial charge in [0.1, 0.15) is 0 Å². The lowest BCUT2D eigenvalue weighted by Gasteiger charge is -2.22. The zero-order valence-electron chi connectivity index (χ0n) is 10.4. The Morgan fingerprint density at radius 3 is 2.29 bits per heavy atom. The molecular weight excluding hydrogens is 218 g/mol. The smallest absolute Gasteiger partial charge is 0.307 e. The van der Waals surface area contributed by atoms with Gasteiger partial charge in [-0.25, -0.2) is 0 Å². The first-order valence-corrected chi connectivity index (χ1v) is 6.65. The molecule has 0 aromatic rings. The Balaban J connectivity index is 2.06. The van der Waals surface area contributed by atoms with Crippen LogP contribution in [0.25, 0.3) is 0 Å². The third kappa shape index (κ3) is 2.45. The second kappa shape index (κ2) is 5.07. The lowest BCUT2D eigenvalue weighted by Crippen LogP contribution is -2.37. The average Bonchev–Trinajstić information content (AvgIpc) is 2.97. The van der Waals surface area contributed by atoms with E-state index >= 15 is 0 Å². The van der Waals surface area contributed by atoms with Crippen LogP contribution in [0.1, 0.15) is 39.0 Å². The molecule has 0 spiro atoms. The summed E-state index contributed by atoms with van der Waals surface area (Å²) >= 11 is 0. The molecule has 17 heavy (non-hydrogen) atoms. The van der Waals surface area contributed by atoms with Crippen molar-refractivity contribution in [2.24, 2.45) is 17.8 Å². The fourth-order valence-corrected chi connectivity index (χ4v) is 3.19. The van der Waals surface area contributed by atoms with E-state index in [0.717, 1.165) is 38.8 Å². The summed E-state index contributed by atoms with van der Waals surface area (Å²) in [5.41, 5.74) is 0.